The molecule has 124 valence electrons. The van der Waals surface area contributed by atoms with E-state index in [-0.39, 0.29) is 12.8 Å². The van der Waals surface area contributed by atoms with Crippen molar-refractivity contribution in [1.29, 1.82) is 0 Å². The third-order valence-electron chi connectivity index (χ3n) is 2.93. The van der Waals surface area contributed by atoms with Gasteiger partial charge in [-0.05, 0) is 24.1 Å². The van der Waals surface area contributed by atoms with Gasteiger partial charge in [-0.1, -0.05) is 18.2 Å². The molecule has 0 unspecified atom stereocenters. The molecular weight excluding hydrogens is 305 g/mol. The number of amides is 1. The highest BCUT2D eigenvalue weighted by molar-refractivity contribution is 5.86. The minimum absolute atomic E-state index is 0.00547. The van der Waals surface area contributed by atoms with Crippen LogP contribution >= 0.6 is 0 Å². The van der Waals surface area contributed by atoms with Crippen molar-refractivity contribution in [2.75, 3.05) is 14.2 Å². The molecule has 0 saturated heterocycles. The van der Waals surface area contributed by atoms with Crippen molar-refractivity contribution in [1.82, 2.24) is 5.32 Å². The molecule has 0 spiro atoms. The van der Waals surface area contributed by atoms with Gasteiger partial charge in [0.15, 0.2) is 0 Å². The fourth-order valence-corrected chi connectivity index (χ4v) is 1.76. The van der Waals surface area contributed by atoms with Crippen LogP contribution in [0.1, 0.15) is 12.0 Å². The average Bonchev–Trinajstić information content (AvgIpc) is 2.55. The third-order valence-corrected chi connectivity index (χ3v) is 2.93. The summed E-state index contributed by atoms with van der Waals surface area (Å²) in [4.78, 5) is 34.6. The summed E-state index contributed by atoms with van der Waals surface area (Å²) in [5, 5.41) is 2.51. The average molecular weight is 323 g/mol. The second-order valence-corrected chi connectivity index (χ2v) is 4.61. The van der Waals surface area contributed by atoms with Crippen molar-refractivity contribution in [3.05, 3.63) is 47.8 Å². The van der Waals surface area contributed by atoms with E-state index >= 15 is 0 Å². The quantitative estimate of drug-likeness (QED) is 0.601. The molecule has 1 atom stereocenters. The molecule has 0 aliphatic heterocycles. The topological polar surface area (TPSA) is 81.7 Å². The standard InChI is InChI=1S/C16H18FNO5/c1-22-15(20)5-3-4-13(16(21)23-2)18-14(19)10-11-6-8-12(17)9-7-11/h3,5-9,13H,4,10H2,1-2H3,(H,18,19)/b5-3+/t13-/m1/s1. The van der Waals surface area contributed by atoms with Crippen LogP contribution in [0.3, 0.4) is 0 Å². The molecule has 1 aromatic rings. The summed E-state index contributed by atoms with van der Waals surface area (Å²) >= 11 is 0. The second-order valence-electron chi connectivity index (χ2n) is 4.61. The molecule has 0 heterocycles. The molecule has 1 amide bonds. The number of hydrogen-bond acceptors (Lipinski definition) is 5. The van der Waals surface area contributed by atoms with E-state index in [2.05, 4.69) is 14.8 Å². The van der Waals surface area contributed by atoms with Crippen molar-refractivity contribution in [3.8, 4) is 0 Å². The van der Waals surface area contributed by atoms with Gasteiger partial charge in [0, 0.05) is 6.08 Å². The maximum Gasteiger partial charge on any atom is 0.330 e. The Morgan fingerprint density at radius 3 is 2.39 bits per heavy atom. The lowest BCUT2D eigenvalue weighted by Crippen LogP contribution is -2.41. The van der Waals surface area contributed by atoms with E-state index in [1.54, 1.807) is 0 Å². The van der Waals surface area contributed by atoms with Crippen molar-refractivity contribution < 1.29 is 28.2 Å². The van der Waals surface area contributed by atoms with Crippen molar-refractivity contribution in [2.45, 2.75) is 18.9 Å². The first-order valence-electron chi connectivity index (χ1n) is 6.82. The van der Waals surface area contributed by atoms with E-state index in [1.165, 1.54) is 44.6 Å². The molecule has 1 N–H and O–H groups in total. The van der Waals surface area contributed by atoms with E-state index in [0.717, 1.165) is 6.08 Å². The number of benzene rings is 1. The van der Waals surface area contributed by atoms with Crippen molar-refractivity contribution in [2.24, 2.45) is 0 Å². The van der Waals surface area contributed by atoms with Gasteiger partial charge < -0.3 is 14.8 Å². The summed E-state index contributed by atoms with van der Waals surface area (Å²) in [6.45, 7) is 0. The van der Waals surface area contributed by atoms with Crippen LogP contribution in [0.5, 0.6) is 0 Å². The van der Waals surface area contributed by atoms with E-state index in [1.807, 2.05) is 0 Å². The number of halogens is 1. The minimum atomic E-state index is -0.922. The first-order chi connectivity index (χ1) is 11.0. The molecule has 0 bridgehead atoms. The van der Waals surface area contributed by atoms with Crippen LogP contribution in [0.4, 0.5) is 4.39 Å². The predicted octanol–water partition coefficient (Wildman–Crippen LogP) is 1.15. The number of nitrogens with one attached hydrogen (secondary N) is 1. The molecular formula is C16H18FNO5. The zero-order valence-corrected chi connectivity index (χ0v) is 12.9. The van der Waals surface area contributed by atoms with Gasteiger partial charge in [0.2, 0.25) is 5.91 Å². The van der Waals surface area contributed by atoms with Gasteiger partial charge in [0.1, 0.15) is 11.9 Å². The van der Waals surface area contributed by atoms with Gasteiger partial charge in [-0.25, -0.2) is 14.0 Å². The Morgan fingerprint density at radius 1 is 1.17 bits per heavy atom. The van der Waals surface area contributed by atoms with Gasteiger partial charge in [-0.3, -0.25) is 4.79 Å². The van der Waals surface area contributed by atoms with Crippen LogP contribution in [0, 0.1) is 5.82 Å². The Kier molecular flexibility index (Phi) is 7.45. The number of hydrogen-bond donors (Lipinski definition) is 1. The smallest absolute Gasteiger partial charge is 0.330 e. The first kappa shape index (κ1) is 18.3. The Morgan fingerprint density at radius 2 is 1.83 bits per heavy atom. The van der Waals surface area contributed by atoms with Gasteiger partial charge in [0.25, 0.3) is 0 Å². The largest absolute Gasteiger partial charge is 0.467 e. The maximum absolute atomic E-state index is 12.8. The second kappa shape index (κ2) is 9.34. The number of carbonyl (C=O) groups excluding carboxylic acids is 3. The summed E-state index contributed by atoms with van der Waals surface area (Å²) in [6.07, 6.45) is 2.64. The summed E-state index contributed by atoms with van der Waals surface area (Å²) in [7, 11) is 2.43. The molecule has 23 heavy (non-hydrogen) atoms. The van der Waals surface area contributed by atoms with Gasteiger partial charge in [-0.15, -0.1) is 0 Å². The van der Waals surface area contributed by atoms with Gasteiger partial charge >= 0.3 is 11.9 Å². The highest BCUT2D eigenvalue weighted by Crippen LogP contribution is 2.05. The van der Waals surface area contributed by atoms with Crippen LogP contribution in [-0.4, -0.2) is 38.1 Å². The normalized spacial score (nSPS) is 11.8. The first-order valence-corrected chi connectivity index (χ1v) is 6.82. The van der Waals surface area contributed by atoms with Crippen LogP contribution < -0.4 is 5.32 Å². The van der Waals surface area contributed by atoms with Crippen LogP contribution in [0.25, 0.3) is 0 Å². The number of carbonyl (C=O) groups is 3. The summed E-state index contributed by atoms with van der Waals surface area (Å²) < 4.78 is 21.9. The molecule has 0 fully saturated rings. The number of ether oxygens (including phenoxy) is 2. The predicted molar refractivity (Wildman–Crippen MR) is 79.8 cm³/mol. The van der Waals surface area contributed by atoms with Gasteiger partial charge in [0.05, 0.1) is 20.6 Å². The highest BCUT2D eigenvalue weighted by Gasteiger charge is 2.20. The Balaban J connectivity index is 2.63. The lowest BCUT2D eigenvalue weighted by molar-refractivity contribution is -0.145. The van der Waals surface area contributed by atoms with E-state index in [0.29, 0.717) is 5.56 Å². The SMILES string of the molecule is COC(=O)/C=C/C[C@@H](NC(=O)Cc1ccc(F)cc1)C(=O)OC. The molecule has 0 aliphatic carbocycles. The molecule has 0 radical (unpaired) electrons. The van der Waals surface area contributed by atoms with Crippen molar-refractivity contribution >= 4 is 17.8 Å². The fraction of sp³-hybridized carbons (Fsp3) is 0.312. The van der Waals surface area contributed by atoms with Crippen LogP contribution in [0.2, 0.25) is 0 Å². The molecule has 0 aliphatic rings. The molecule has 0 aromatic heterocycles. The molecule has 0 saturated carbocycles. The molecule has 6 nitrogen and oxygen atoms in total. The Bertz CT molecular complexity index is 583. The highest BCUT2D eigenvalue weighted by atomic mass is 19.1. The van der Waals surface area contributed by atoms with Crippen molar-refractivity contribution in [3.63, 3.8) is 0 Å². The van der Waals surface area contributed by atoms with E-state index in [4.69, 9.17) is 0 Å². The zero-order valence-electron chi connectivity index (χ0n) is 12.9. The number of rotatable bonds is 7. The maximum atomic E-state index is 12.8. The minimum Gasteiger partial charge on any atom is -0.467 e. The Hall–Kier alpha value is -2.70. The van der Waals surface area contributed by atoms with E-state index < -0.39 is 29.7 Å². The van der Waals surface area contributed by atoms with Crippen LogP contribution in [0.15, 0.2) is 36.4 Å². The van der Waals surface area contributed by atoms with E-state index in [9.17, 15) is 18.8 Å². The molecule has 1 aromatic carbocycles. The molecule has 1 rings (SSSR count). The molecule has 7 heteroatoms. The Labute approximate surface area is 133 Å². The third kappa shape index (κ3) is 6.73. The number of methoxy groups -OCH3 is 2. The zero-order chi connectivity index (χ0) is 17.2. The van der Waals surface area contributed by atoms with Crippen LogP contribution in [-0.2, 0) is 30.3 Å². The summed E-state index contributed by atoms with van der Waals surface area (Å²) in [5.41, 5.74) is 0.609. The summed E-state index contributed by atoms with van der Waals surface area (Å²) in [5.74, 6) is -2.01. The number of esters is 2. The lowest BCUT2D eigenvalue weighted by Gasteiger charge is -2.14. The lowest BCUT2D eigenvalue weighted by atomic mass is 10.1. The monoisotopic (exact) mass is 323 g/mol. The summed E-state index contributed by atoms with van der Waals surface area (Å²) in [6, 6.07) is 4.55. The van der Waals surface area contributed by atoms with Gasteiger partial charge in [-0.2, -0.15) is 0 Å². The fourth-order valence-electron chi connectivity index (χ4n) is 1.76.